The summed E-state index contributed by atoms with van der Waals surface area (Å²) in [5, 5.41) is 3.35. The first-order chi connectivity index (χ1) is 12.3. The lowest BCUT2D eigenvalue weighted by atomic mass is 10.2. The van der Waals surface area contributed by atoms with Gasteiger partial charge >= 0.3 is 0 Å². The average Bonchev–Trinajstić information content (AvgIpc) is 3.00. The molecule has 1 fully saturated rings. The van der Waals surface area contributed by atoms with Crippen molar-refractivity contribution in [1.82, 2.24) is 20.2 Å². The van der Waals surface area contributed by atoms with Crippen LogP contribution in [0.4, 0.5) is 0 Å². The summed E-state index contributed by atoms with van der Waals surface area (Å²) in [5.74, 6) is 1.91. The van der Waals surface area contributed by atoms with E-state index in [0.717, 1.165) is 42.2 Å². The minimum Gasteiger partial charge on any atom is -0.356 e. The first-order valence-electron chi connectivity index (χ1n) is 8.94. The van der Waals surface area contributed by atoms with Crippen molar-refractivity contribution in [1.29, 1.82) is 0 Å². The van der Waals surface area contributed by atoms with Crippen LogP contribution in [0.3, 0.4) is 0 Å². The van der Waals surface area contributed by atoms with E-state index < -0.39 is 14.6 Å². The van der Waals surface area contributed by atoms with Crippen LogP contribution in [0, 0.1) is 0 Å². The maximum absolute atomic E-state index is 12.2. The van der Waals surface area contributed by atoms with Crippen molar-refractivity contribution in [2.45, 2.75) is 31.4 Å². The molecular formula is C18H28IN5O2S. The Hall–Kier alpha value is -1.36. The third-order valence-corrected chi connectivity index (χ3v) is 7.40. The smallest absolute Gasteiger partial charge is 0.193 e. The molecule has 0 atom stereocenters. The molecule has 1 saturated heterocycles. The molecule has 0 bridgehead atoms. The van der Waals surface area contributed by atoms with Gasteiger partial charge in [-0.05, 0) is 32.4 Å². The molecule has 3 rings (SSSR count). The van der Waals surface area contributed by atoms with Crippen LogP contribution in [0.5, 0.6) is 0 Å². The number of aryl methyl sites for hydroxylation is 1. The van der Waals surface area contributed by atoms with Gasteiger partial charge in [0.25, 0.3) is 0 Å². The van der Waals surface area contributed by atoms with Crippen LogP contribution >= 0.6 is 24.0 Å². The number of para-hydroxylation sites is 2. The number of sulfone groups is 1. The molecule has 0 unspecified atom stereocenters. The first-order valence-corrected chi connectivity index (χ1v) is 10.6. The Labute approximate surface area is 178 Å². The van der Waals surface area contributed by atoms with Gasteiger partial charge in [-0.3, -0.25) is 4.99 Å². The quantitative estimate of drug-likeness (QED) is 0.288. The van der Waals surface area contributed by atoms with Gasteiger partial charge in [0.1, 0.15) is 5.82 Å². The number of H-pyrrole nitrogens is 1. The van der Waals surface area contributed by atoms with E-state index in [4.69, 9.17) is 0 Å². The minimum atomic E-state index is -3.05. The molecule has 2 N–H and O–H groups in total. The summed E-state index contributed by atoms with van der Waals surface area (Å²) < 4.78 is 23.6. The van der Waals surface area contributed by atoms with Crippen molar-refractivity contribution in [2.24, 2.45) is 4.99 Å². The van der Waals surface area contributed by atoms with Gasteiger partial charge in [0, 0.05) is 33.1 Å². The molecule has 2 heterocycles. The van der Waals surface area contributed by atoms with Crippen LogP contribution in [-0.2, 0) is 16.3 Å². The maximum Gasteiger partial charge on any atom is 0.193 e. The number of fused-ring (bicyclic) bond motifs is 1. The van der Waals surface area contributed by atoms with Gasteiger partial charge in [0.2, 0.25) is 0 Å². The summed E-state index contributed by atoms with van der Waals surface area (Å²) in [6.07, 6.45) is 1.76. The number of nitrogens with zero attached hydrogens (tertiary/aromatic N) is 3. The van der Waals surface area contributed by atoms with E-state index in [1.54, 1.807) is 20.9 Å². The number of imidazole rings is 1. The molecule has 27 heavy (non-hydrogen) atoms. The van der Waals surface area contributed by atoms with Crippen molar-refractivity contribution < 1.29 is 8.42 Å². The van der Waals surface area contributed by atoms with Gasteiger partial charge in [-0.25, -0.2) is 13.4 Å². The lowest BCUT2D eigenvalue weighted by Gasteiger charge is -2.39. The van der Waals surface area contributed by atoms with Gasteiger partial charge in [-0.2, -0.15) is 0 Å². The molecular weight excluding hydrogens is 477 g/mol. The average molecular weight is 505 g/mol. The molecule has 1 aromatic carbocycles. The second kappa shape index (κ2) is 8.76. The van der Waals surface area contributed by atoms with Crippen LogP contribution in [0.2, 0.25) is 0 Å². The van der Waals surface area contributed by atoms with Crippen LogP contribution in [0.15, 0.2) is 29.3 Å². The predicted molar refractivity (Wildman–Crippen MR) is 121 cm³/mol. The molecule has 1 aliphatic rings. The number of guanidine groups is 1. The molecule has 0 amide bonds. The SMILES string of the molecule is CN=C(NCCCc1nc2ccccc2[nH]1)N1CCS(=O)(=O)C(C)(C)C1.I. The second-order valence-corrected chi connectivity index (χ2v) is 10.0. The fourth-order valence-corrected chi connectivity index (χ4v) is 4.60. The van der Waals surface area contributed by atoms with E-state index in [1.807, 2.05) is 29.2 Å². The highest BCUT2D eigenvalue weighted by Crippen LogP contribution is 2.23. The zero-order chi connectivity index (χ0) is 18.8. The molecule has 150 valence electrons. The highest BCUT2D eigenvalue weighted by molar-refractivity contribution is 14.0. The number of halogens is 1. The Morgan fingerprint density at radius 1 is 1.37 bits per heavy atom. The van der Waals surface area contributed by atoms with Crippen molar-refractivity contribution in [3.63, 3.8) is 0 Å². The molecule has 0 aliphatic carbocycles. The Morgan fingerprint density at radius 2 is 2.11 bits per heavy atom. The Bertz CT molecular complexity index is 874. The number of benzene rings is 1. The van der Waals surface area contributed by atoms with E-state index in [-0.39, 0.29) is 29.7 Å². The van der Waals surface area contributed by atoms with E-state index in [2.05, 4.69) is 20.3 Å². The molecule has 2 aromatic rings. The Balaban J connectivity index is 0.00000261. The van der Waals surface area contributed by atoms with Crippen LogP contribution in [-0.4, -0.2) is 66.4 Å². The summed E-state index contributed by atoms with van der Waals surface area (Å²) in [6.45, 7) is 5.26. The van der Waals surface area contributed by atoms with Crippen LogP contribution in [0.25, 0.3) is 11.0 Å². The normalized spacial score (nSPS) is 18.9. The molecule has 1 aliphatic heterocycles. The van der Waals surface area contributed by atoms with E-state index in [1.165, 1.54) is 0 Å². The van der Waals surface area contributed by atoms with Crippen molar-refractivity contribution in [3.05, 3.63) is 30.1 Å². The molecule has 1 aromatic heterocycles. The van der Waals surface area contributed by atoms with Gasteiger partial charge < -0.3 is 15.2 Å². The van der Waals surface area contributed by atoms with E-state index in [0.29, 0.717) is 13.1 Å². The number of hydrogen-bond donors (Lipinski definition) is 2. The summed E-state index contributed by atoms with van der Waals surface area (Å²) in [6, 6.07) is 8.01. The van der Waals surface area contributed by atoms with Gasteiger partial charge in [0.15, 0.2) is 15.8 Å². The number of rotatable bonds is 4. The van der Waals surface area contributed by atoms with Crippen molar-refractivity contribution in [3.8, 4) is 0 Å². The third-order valence-electron chi connectivity index (χ3n) is 4.87. The van der Waals surface area contributed by atoms with Gasteiger partial charge in [0.05, 0.1) is 21.5 Å². The van der Waals surface area contributed by atoms with E-state index in [9.17, 15) is 8.42 Å². The summed E-state index contributed by atoms with van der Waals surface area (Å²) in [5.41, 5.74) is 2.05. The largest absolute Gasteiger partial charge is 0.356 e. The number of aromatic amines is 1. The Morgan fingerprint density at radius 3 is 2.78 bits per heavy atom. The minimum absolute atomic E-state index is 0. The lowest BCUT2D eigenvalue weighted by molar-refractivity contribution is 0.353. The number of aliphatic imine (C=N–C) groups is 1. The van der Waals surface area contributed by atoms with Gasteiger partial charge in [-0.1, -0.05) is 12.1 Å². The number of aromatic nitrogens is 2. The fourth-order valence-electron chi connectivity index (χ4n) is 3.24. The third kappa shape index (κ3) is 4.92. The fraction of sp³-hybridized carbons (Fsp3) is 0.556. The number of nitrogens with one attached hydrogen (secondary N) is 2. The summed E-state index contributed by atoms with van der Waals surface area (Å²) in [4.78, 5) is 14.3. The van der Waals surface area contributed by atoms with Crippen molar-refractivity contribution >= 4 is 50.8 Å². The number of hydrogen-bond acceptors (Lipinski definition) is 4. The topological polar surface area (TPSA) is 90.4 Å². The zero-order valence-corrected chi connectivity index (χ0v) is 19.2. The van der Waals surface area contributed by atoms with Gasteiger partial charge in [-0.15, -0.1) is 24.0 Å². The highest BCUT2D eigenvalue weighted by Gasteiger charge is 2.40. The predicted octanol–water partition coefficient (Wildman–Crippen LogP) is 2.20. The zero-order valence-electron chi connectivity index (χ0n) is 16.0. The summed E-state index contributed by atoms with van der Waals surface area (Å²) >= 11 is 0. The van der Waals surface area contributed by atoms with Crippen molar-refractivity contribution in [2.75, 3.05) is 32.4 Å². The summed E-state index contributed by atoms with van der Waals surface area (Å²) in [7, 11) is -1.31. The molecule has 7 nitrogen and oxygen atoms in total. The monoisotopic (exact) mass is 505 g/mol. The van der Waals surface area contributed by atoms with E-state index >= 15 is 0 Å². The highest BCUT2D eigenvalue weighted by atomic mass is 127. The lowest BCUT2D eigenvalue weighted by Crippen LogP contribution is -2.57. The molecule has 0 saturated carbocycles. The molecule has 9 heteroatoms. The maximum atomic E-state index is 12.2. The van der Waals surface area contributed by atoms with Crippen LogP contribution in [0.1, 0.15) is 26.1 Å². The molecule has 0 radical (unpaired) electrons. The first kappa shape index (κ1) is 21.9. The molecule has 0 spiro atoms. The Kier molecular flexibility index (Phi) is 7.12. The second-order valence-electron chi connectivity index (χ2n) is 7.28. The van der Waals surface area contributed by atoms with Crippen LogP contribution < -0.4 is 5.32 Å². The standard InChI is InChI=1S/C18H27N5O2S.HI/c1-18(2)13-23(11-12-26(18,24)25)17(19-3)20-10-6-9-16-21-14-7-4-5-8-15(14)22-16;/h4-5,7-8H,6,9-13H2,1-3H3,(H,19,20)(H,21,22);1H.